The summed E-state index contributed by atoms with van der Waals surface area (Å²) in [6.45, 7) is 1.92. The number of benzene rings is 2. The summed E-state index contributed by atoms with van der Waals surface area (Å²) in [6, 6.07) is 11.7. The second kappa shape index (κ2) is 5.51. The molecule has 1 atom stereocenters. The molecule has 0 saturated carbocycles. The van der Waals surface area contributed by atoms with E-state index in [0.29, 0.717) is 11.4 Å². The Hall–Kier alpha value is -1.38. The van der Waals surface area contributed by atoms with Gasteiger partial charge in [0.1, 0.15) is 5.82 Å². The van der Waals surface area contributed by atoms with Crippen LogP contribution in [0.5, 0.6) is 0 Å². The second-order valence-corrected chi connectivity index (χ2v) is 4.79. The molecule has 94 valence electrons. The van der Waals surface area contributed by atoms with E-state index in [2.05, 4.69) is 0 Å². The summed E-state index contributed by atoms with van der Waals surface area (Å²) in [7, 11) is 0. The summed E-state index contributed by atoms with van der Waals surface area (Å²) in [5, 5.41) is 10.8. The van der Waals surface area contributed by atoms with Gasteiger partial charge in [-0.05, 0) is 47.9 Å². The van der Waals surface area contributed by atoms with E-state index >= 15 is 0 Å². The van der Waals surface area contributed by atoms with Gasteiger partial charge in [0.2, 0.25) is 0 Å². The summed E-state index contributed by atoms with van der Waals surface area (Å²) in [6.07, 6.45) is -0.302. The molecule has 0 aliphatic heterocycles. The van der Waals surface area contributed by atoms with Crippen molar-refractivity contribution in [2.24, 2.45) is 0 Å². The molecule has 1 N–H and O–H groups in total. The van der Waals surface area contributed by atoms with Crippen molar-refractivity contribution in [3.05, 3.63) is 70.0 Å². The normalized spacial score (nSPS) is 12.4. The maximum absolute atomic E-state index is 13.1. The predicted octanol–water partition coefficient (Wildman–Crippen LogP) is 4.06. The molecule has 0 radical (unpaired) electrons. The summed E-state index contributed by atoms with van der Waals surface area (Å²) in [5.74, 6) is -0.289. The highest BCUT2D eigenvalue weighted by Gasteiger charge is 2.12. The fraction of sp³-hybridized carbons (Fsp3) is 0.200. The van der Waals surface area contributed by atoms with Crippen LogP contribution in [-0.4, -0.2) is 5.11 Å². The van der Waals surface area contributed by atoms with Crippen LogP contribution >= 0.6 is 11.6 Å². The first kappa shape index (κ1) is 13.1. The molecular weight excluding hydrogens is 251 g/mol. The zero-order valence-electron chi connectivity index (χ0n) is 10.0. The van der Waals surface area contributed by atoms with Crippen LogP contribution in [0, 0.1) is 12.7 Å². The monoisotopic (exact) mass is 264 g/mol. The lowest BCUT2D eigenvalue weighted by molar-refractivity contribution is 0.177. The number of rotatable bonds is 3. The molecule has 0 bridgehead atoms. The van der Waals surface area contributed by atoms with Crippen LogP contribution in [-0.2, 0) is 6.42 Å². The third-order valence-corrected chi connectivity index (χ3v) is 3.15. The molecule has 0 amide bonds. The molecule has 0 heterocycles. The Kier molecular flexibility index (Phi) is 4.00. The third-order valence-electron chi connectivity index (χ3n) is 2.92. The zero-order chi connectivity index (χ0) is 13.1. The molecule has 18 heavy (non-hydrogen) atoms. The van der Waals surface area contributed by atoms with Gasteiger partial charge >= 0.3 is 0 Å². The summed E-state index contributed by atoms with van der Waals surface area (Å²) in [5.41, 5.74) is 2.52. The Balaban J connectivity index is 2.21. The van der Waals surface area contributed by atoms with Crippen LogP contribution < -0.4 is 0 Å². The van der Waals surface area contributed by atoms with Gasteiger partial charge in [-0.1, -0.05) is 29.8 Å². The second-order valence-electron chi connectivity index (χ2n) is 4.35. The van der Waals surface area contributed by atoms with E-state index in [9.17, 15) is 9.50 Å². The molecule has 0 spiro atoms. The lowest BCUT2D eigenvalue weighted by atomic mass is 9.98. The van der Waals surface area contributed by atoms with Crippen LogP contribution in [0.1, 0.15) is 22.8 Å². The number of aryl methyl sites for hydroxylation is 1. The molecule has 0 saturated heterocycles. The van der Waals surface area contributed by atoms with Crippen LogP contribution in [0.3, 0.4) is 0 Å². The van der Waals surface area contributed by atoms with Gasteiger partial charge in [0.05, 0.1) is 6.10 Å². The van der Waals surface area contributed by atoms with E-state index in [4.69, 9.17) is 11.6 Å². The minimum Gasteiger partial charge on any atom is -0.388 e. The number of aliphatic hydroxyl groups excluding tert-OH is 1. The fourth-order valence-electron chi connectivity index (χ4n) is 1.97. The van der Waals surface area contributed by atoms with Crippen molar-refractivity contribution in [1.82, 2.24) is 0 Å². The van der Waals surface area contributed by atoms with Crippen molar-refractivity contribution in [2.45, 2.75) is 19.4 Å². The first-order valence-corrected chi connectivity index (χ1v) is 6.12. The minimum absolute atomic E-state index is 0.289. The Labute approximate surface area is 111 Å². The van der Waals surface area contributed by atoms with E-state index in [0.717, 1.165) is 16.7 Å². The summed E-state index contributed by atoms with van der Waals surface area (Å²) >= 11 is 5.92. The Morgan fingerprint density at radius 1 is 1.22 bits per heavy atom. The van der Waals surface area contributed by atoms with E-state index in [1.807, 2.05) is 13.0 Å². The van der Waals surface area contributed by atoms with Gasteiger partial charge in [-0.25, -0.2) is 4.39 Å². The number of halogens is 2. The van der Waals surface area contributed by atoms with Crippen LogP contribution in [0.25, 0.3) is 0 Å². The minimum atomic E-state index is -0.675. The molecule has 1 unspecified atom stereocenters. The molecule has 2 aromatic rings. The highest BCUT2D eigenvalue weighted by molar-refractivity contribution is 6.30. The van der Waals surface area contributed by atoms with Gasteiger partial charge in [0.25, 0.3) is 0 Å². The number of aliphatic hydroxyl groups is 1. The molecule has 0 aliphatic carbocycles. The summed E-state index contributed by atoms with van der Waals surface area (Å²) in [4.78, 5) is 0. The lowest BCUT2D eigenvalue weighted by Gasteiger charge is -2.14. The van der Waals surface area contributed by atoms with Crippen LogP contribution in [0.4, 0.5) is 4.39 Å². The Morgan fingerprint density at radius 2 is 2.00 bits per heavy atom. The highest BCUT2D eigenvalue weighted by Crippen LogP contribution is 2.24. The smallest absolute Gasteiger partial charge is 0.123 e. The number of hydrogen-bond donors (Lipinski definition) is 1. The maximum Gasteiger partial charge on any atom is 0.123 e. The zero-order valence-corrected chi connectivity index (χ0v) is 10.8. The van der Waals surface area contributed by atoms with Gasteiger partial charge in [0, 0.05) is 11.4 Å². The van der Waals surface area contributed by atoms with Crippen LogP contribution in [0.15, 0.2) is 42.5 Å². The Bertz CT molecular complexity index is 554. The van der Waals surface area contributed by atoms with Crippen molar-refractivity contribution in [1.29, 1.82) is 0 Å². The first-order chi connectivity index (χ1) is 8.56. The molecule has 0 aromatic heterocycles. The van der Waals surface area contributed by atoms with Crippen molar-refractivity contribution >= 4 is 11.6 Å². The molecule has 3 heteroatoms. The molecule has 2 rings (SSSR count). The van der Waals surface area contributed by atoms with Gasteiger partial charge in [-0.3, -0.25) is 0 Å². The molecular formula is C15H14ClFO. The average molecular weight is 265 g/mol. The van der Waals surface area contributed by atoms with Gasteiger partial charge < -0.3 is 5.11 Å². The van der Waals surface area contributed by atoms with Gasteiger partial charge in [-0.15, -0.1) is 0 Å². The van der Waals surface area contributed by atoms with Crippen molar-refractivity contribution in [3.63, 3.8) is 0 Å². The molecule has 0 fully saturated rings. The standard InChI is InChI=1S/C15H14ClFO/c1-10-5-6-12(16)9-14(10)15(18)8-11-3-2-4-13(17)7-11/h2-7,9,15,18H,8H2,1H3. The molecule has 2 aromatic carbocycles. The summed E-state index contributed by atoms with van der Waals surface area (Å²) < 4.78 is 13.1. The lowest BCUT2D eigenvalue weighted by Crippen LogP contribution is -2.04. The Morgan fingerprint density at radius 3 is 2.72 bits per heavy atom. The third kappa shape index (κ3) is 3.09. The van der Waals surface area contributed by atoms with E-state index in [-0.39, 0.29) is 5.82 Å². The van der Waals surface area contributed by atoms with Gasteiger partial charge in [0.15, 0.2) is 0 Å². The predicted molar refractivity (Wildman–Crippen MR) is 71.3 cm³/mol. The fourth-order valence-corrected chi connectivity index (χ4v) is 2.15. The van der Waals surface area contributed by atoms with Crippen molar-refractivity contribution in [2.75, 3.05) is 0 Å². The van der Waals surface area contributed by atoms with Crippen LogP contribution in [0.2, 0.25) is 5.02 Å². The SMILES string of the molecule is Cc1ccc(Cl)cc1C(O)Cc1cccc(F)c1. The first-order valence-electron chi connectivity index (χ1n) is 5.75. The topological polar surface area (TPSA) is 20.2 Å². The van der Waals surface area contributed by atoms with E-state index < -0.39 is 6.10 Å². The van der Waals surface area contributed by atoms with Gasteiger partial charge in [-0.2, -0.15) is 0 Å². The largest absolute Gasteiger partial charge is 0.388 e. The van der Waals surface area contributed by atoms with Crippen molar-refractivity contribution in [3.8, 4) is 0 Å². The van der Waals surface area contributed by atoms with Crippen molar-refractivity contribution < 1.29 is 9.50 Å². The highest BCUT2D eigenvalue weighted by atomic mass is 35.5. The van der Waals surface area contributed by atoms with E-state index in [1.165, 1.54) is 12.1 Å². The maximum atomic E-state index is 13.1. The van der Waals surface area contributed by atoms with E-state index in [1.54, 1.807) is 24.3 Å². The quantitative estimate of drug-likeness (QED) is 0.886. The average Bonchev–Trinajstić information content (AvgIpc) is 2.32. The molecule has 1 nitrogen and oxygen atoms in total. The number of hydrogen-bond acceptors (Lipinski definition) is 1. The molecule has 0 aliphatic rings.